The molecular weight excluding hydrogens is 260 g/mol. The Labute approximate surface area is 116 Å². The lowest BCUT2D eigenvalue weighted by atomic mass is 10.2. The highest BCUT2D eigenvalue weighted by Crippen LogP contribution is 2.21. The smallest absolute Gasteiger partial charge is 0.221 e. The summed E-state index contributed by atoms with van der Waals surface area (Å²) in [6, 6.07) is 1.93. The van der Waals surface area contributed by atoms with Crippen LogP contribution < -0.4 is 10.6 Å². The van der Waals surface area contributed by atoms with Crippen molar-refractivity contribution in [2.45, 2.75) is 19.9 Å². The van der Waals surface area contributed by atoms with Crippen molar-refractivity contribution in [2.24, 2.45) is 7.05 Å². The van der Waals surface area contributed by atoms with Crippen LogP contribution in [0.4, 0.5) is 5.69 Å². The van der Waals surface area contributed by atoms with Crippen molar-refractivity contribution in [3.8, 4) is 0 Å². The highest BCUT2D eigenvalue weighted by molar-refractivity contribution is 7.10. The van der Waals surface area contributed by atoms with Gasteiger partial charge in [0.25, 0.3) is 0 Å². The number of carbonyl (C=O) groups excluding carboxylic acids is 1. The maximum atomic E-state index is 11.0. The van der Waals surface area contributed by atoms with Crippen LogP contribution in [0.5, 0.6) is 0 Å². The summed E-state index contributed by atoms with van der Waals surface area (Å²) < 4.78 is 1.81. The first-order chi connectivity index (χ1) is 9.15. The zero-order valence-corrected chi connectivity index (χ0v) is 12.0. The number of carbonyl (C=O) groups is 1. The Morgan fingerprint density at radius 2 is 2.37 bits per heavy atom. The van der Waals surface area contributed by atoms with Crippen LogP contribution in [0.1, 0.15) is 17.4 Å². The highest BCUT2D eigenvalue weighted by Gasteiger charge is 2.05. The first-order valence-electron chi connectivity index (χ1n) is 6.17. The van der Waals surface area contributed by atoms with Crippen molar-refractivity contribution in [3.05, 3.63) is 34.3 Å². The summed E-state index contributed by atoms with van der Waals surface area (Å²) in [7, 11) is 1.92. The van der Waals surface area contributed by atoms with Gasteiger partial charge in [-0.3, -0.25) is 9.48 Å². The van der Waals surface area contributed by atoms with E-state index in [0.29, 0.717) is 0 Å². The first-order valence-corrected chi connectivity index (χ1v) is 7.05. The molecule has 5 nitrogen and oxygen atoms in total. The number of nitrogens with zero attached hydrogens (tertiary/aromatic N) is 2. The molecule has 102 valence electrons. The summed E-state index contributed by atoms with van der Waals surface area (Å²) >= 11 is 1.65. The van der Waals surface area contributed by atoms with Crippen LogP contribution in [-0.4, -0.2) is 22.2 Å². The van der Waals surface area contributed by atoms with Gasteiger partial charge in [0.05, 0.1) is 11.9 Å². The Bertz CT molecular complexity index is 546. The zero-order chi connectivity index (χ0) is 13.7. The molecule has 0 aliphatic rings. The number of thiophene rings is 1. The lowest BCUT2D eigenvalue weighted by Gasteiger charge is -2.05. The molecule has 0 bridgehead atoms. The first kappa shape index (κ1) is 13.8. The van der Waals surface area contributed by atoms with Gasteiger partial charge in [0.1, 0.15) is 0 Å². The molecule has 0 aromatic carbocycles. The molecule has 0 radical (unpaired) electrons. The minimum atomic E-state index is -0.0324. The van der Waals surface area contributed by atoms with Gasteiger partial charge in [0.2, 0.25) is 5.91 Å². The van der Waals surface area contributed by atoms with E-state index in [1.165, 1.54) is 12.5 Å². The molecule has 0 saturated heterocycles. The molecule has 2 aromatic heterocycles. The summed E-state index contributed by atoms with van der Waals surface area (Å²) in [4.78, 5) is 12.2. The lowest BCUT2D eigenvalue weighted by Crippen LogP contribution is -2.17. The Kier molecular flexibility index (Phi) is 4.70. The summed E-state index contributed by atoms with van der Waals surface area (Å²) in [5, 5.41) is 12.3. The fourth-order valence-electron chi connectivity index (χ4n) is 1.81. The summed E-state index contributed by atoms with van der Waals surface area (Å²) in [6.45, 7) is 3.19. The number of amides is 1. The number of aryl methyl sites for hydroxylation is 1. The van der Waals surface area contributed by atoms with Crippen molar-refractivity contribution in [2.75, 3.05) is 11.9 Å². The van der Waals surface area contributed by atoms with E-state index in [1.807, 2.05) is 35.6 Å². The number of hydrogen-bond acceptors (Lipinski definition) is 4. The molecule has 6 heteroatoms. The van der Waals surface area contributed by atoms with Crippen LogP contribution in [0.15, 0.2) is 23.8 Å². The zero-order valence-electron chi connectivity index (χ0n) is 11.1. The molecule has 0 spiro atoms. The standard InChI is InChI=1S/C13H18N4OS/c1-10(18)16-12-4-6-19-13(12)8-14-5-3-11-7-15-17(2)9-11/h4,6-7,9,14H,3,5,8H2,1-2H3,(H,16,18). The molecule has 0 aliphatic heterocycles. The largest absolute Gasteiger partial charge is 0.325 e. The second kappa shape index (κ2) is 6.49. The number of nitrogens with one attached hydrogen (secondary N) is 2. The van der Waals surface area contributed by atoms with Gasteiger partial charge in [-0.05, 0) is 30.0 Å². The van der Waals surface area contributed by atoms with Crippen LogP contribution in [0.2, 0.25) is 0 Å². The topological polar surface area (TPSA) is 59.0 Å². The maximum Gasteiger partial charge on any atom is 0.221 e. The van der Waals surface area contributed by atoms with Gasteiger partial charge in [-0.1, -0.05) is 0 Å². The number of hydrogen-bond donors (Lipinski definition) is 2. The van der Waals surface area contributed by atoms with Crippen LogP contribution in [0, 0.1) is 0 Å². The van der Waals surface area contributed by atoms with Gasteiger partial charge >= 0.3 is 0 Å². The number of aromatic nitrogens is 2. The molecular formula is C13H18N4OS. The molecule has 0 saturated carbocycles. The Morgan fingerprint density at radius 3 is 3.05 bits per heavy atom. The van der Waals surface area contributed by atoms with Crippen LogP contribution in [0.3, 0.4) is 0 Å². The van der Waals surface area contributed by atoms with Crippen LogP contribution >= 0.6 is 11.3 Å². The van der Waals surface area contributed by atoms with Gasteiger partial charge < -0.3 is 10.6 Å². The number of anilines is 1. The highest BCUT2D eigenvalue weighted by atomic mass is 32.1. The molecule has 19 heavy (non-hydrogen) atoms. The third kappa shape index (κ3) is 4.18. The minimum Gasteiger partial charge on any atom is -0.325 e. The van der Waals surface area contributed by atoms with Crippen LogP contribution in [-0.2, 0) is 24.8 Å². The average Bonchev–Trinajstić information content (AvgIpc) is 2.94. The fraction of sp³-hybridized carbons (Fsp3) is 0.385. The van der Waals surface area contributed by atoms with Gasteiger partial charge in [0, 0.05) is 31.6 Å². The van der Waals surface area contributed by atoms with Crippen molar-refractivity contribution in [3.63, 3.8) is 0 Å². The van der Waals surface area contributed by atoms with E-state index in [9.17, 15) is 4.79 Å². The fourth-order valence-corrected chi connectivity index (χ4v) is 2.61. The Hall–Kier alpha value is -1.66. The molecule has 0 aliphatic carbocycles. The van der Waals surface area contributed by atoms with E-state index in [-0.39, 0.29) is 5.91 Å². The predicted octanol–water partition coefficient (Wildman–Crippen LogP) is 1.77. The van der Waals surface area contributed by atoms with Gasteiger partial charge in [-0.25, -0.2) is 0 Å². The average molecular weight is 278 g/mol. The van der Waals surface area contributed by atoms with E-state index in [2.05, 4.69) is 15.7 Å². The monoisotopic (exact) mass is 278 g/mol. The minimum absolute atomic E-state index is 0.0324. The van der Waals surface area contributed by atoms with E-state index >= 15 is 0 Å². The second-order valence-corrected chi connectivity index (χ2v) is 5.39. The number of rotatable bonds is 6. The van der Waals surface area contributed by atoms with Gasteiger partial charge in [0.15, 0.2) is 0 Å². The molecule has 2 N–H and O–H groups in total. The third-order valence-corrected chi connectivity index (χ3v) is 3.61. The summed E-state index contributed by atoms with van der Waals surface area (Å²) in [6.07, 6.45) is 4.86. The Balaban J connectivity index is 1.76. The Morgan fingerprint density at radius 1 is 1.53 bits per heavy atom. The molecule has 1 amide bonds. The lowest BCUT2D eigenvalue weighted by molar-refractivity contribution is -0.114. The van der Waals surface area contributed by atoms with Crippen molar-refractivity contribution < 1.29 is 4.79 Å². The van der Waals surface area contributed by atoms with Crippen molar-refractivity contribution >= 4 is 22.9 Å². The van der Waals surface area contributed by atoms with Gasteiger partial charge in [-0.15, -0.1) is 11.3 Å². The maximum absolute atomic E-state index is 11.0. The quantitative estimate of drug-likeness (QED) is 0.792. The summed E-state index contributed by atoms with van der Waals surface area (Å²) in [5.74, 6) is -0.0324. The SMILES string of the molecule is CC(=O)Nc1ccsc1CNCCc1cnn(C)c1. The summed E-state index contributed by atoms with van der Waals surface area (Å²) in [5.41, 5.74) is 2.13. The molecule has 2 heterocycles. The molecule has 2 aromatic rings. The van der Waals surface area contributed by atoms with E-state index < -0.39 is 0 Å². The van der Waals surface area contributed by atoms with E-state index in [4.69, 9.17) is 0 Å². The van der Waals surface area contributed by atoms with E-state index in [1.54, 1.807) is 11.3 Å². The molecule has 0 fully saturated rings. The second-order valence-electron chi connectivity index (χ2n) is 4.39. The molecule has 0 unspecified atom stereocenters. The van der Waals surface area contributed by atoms with E-state index in [0.717, 1.165) is 30.1 Å². The van der Waals surface area contributed by atoms with Crippen LogP contribution in [0.25, 0.3) is 0 Å². The van der Waals surface area contributed by atoms with Crippen molar-refractivity contribution in [1.82, 2.24) is 15.1 Å². The predicted molar refractivity (Wildman–Crippen MR) is 77.2 cm³/mol. The van der Waals surface area contributed by atoms with Gasteiger partial charge in [-0.2, -0.15) is 5.10 Å². The molecule has 2 rings (SSSR count). The molecule has 0 atom stereocenters. The third-order valence-electron chi connectivity index (χ3n) is 2.69. The van der Waals surface area contributed by atoms with Crippen molar-refractivity contribution in [1.29, 1.82) is 0 Å². The normalized spacial score (nSPS) is 10.6.